The zero-order valence-corrected chi connectivity index (χ0v) is 20.6. The highest BCUT2D eigenvalue weighted by atomic mass is 35.5. The number of thiophene rings is 1. The maximum atomic E-state index is 13.4. The second-order valence-electron chi connectivity index (χ2n) is 8.45. The van der Waals surface area contributed by atoms with Crippen molar-refractivity contribution < 1.29 is 14.2 Å². The van der Waals surface area contributed by atoms with Gasteiger partial charge >= 0.3 is 0 Å². The Morgan fingerprint density at radius 2 is 2.08 bits per heavy atom. The van der Waals surface area contributed by atoms with E-state index in [1.165, 1.54) is 17.7 Å². The molecule has 2 aromatic carbocycles. The fourth-order valence-electron chi connectivity index (χ4n) is 4.56. The van der Waals surface area contributed by atoms with Gasteiger partial charge in [0.15, 0.2) is 0 Å². The van der Waals surface area contributed by atoms with Crippen molar-refractivity contribution in [3.63, 3.8) is 0 Å². The number of aliphatic hydroxyl groups is 1. The summed E-state index contributed by atoms with van der Waals surface area (Å²) >= 11 is 8.12. The zero-order chi connectivity index (χ0) is 24.6. The van der Waals surface area contributed by atoms with Crippen molar-refractivity contribution in [1.29, 1.82) is 0 Å². The zero-order valence-electron chi connectivity index (χ0n) is 19.0. The lowest BCUT2D eigenvalue weighted by Gasteiger charge is -2.15. The SMILES string of the molecule is OCCn1ncc2c1CCc1c-2sc2ncnc(Nc3ccc(OCc4cccc(F)c4)c(Cl)c3)c12. The van der Waals surface area contributed by atoms with Crippen molar-refractivity contribution in [1.82, 2.24) is 19.7 Å². The summed E-state index contributed by atoms with van der Waals surface area (Å²) in [7, 11) is 0. The molecule has 0 amide bonds. The Labute approximate surface area is 215 Å². The predicted octanol–water partition coefficient (Wildman–Crippen LogP) is 5.76. The van der Waals surface area contributed by atoms with Crippen molar-refractivity contribution in [2.45, 2.75) is 26.0 Å². The number of nitrogens with zero attached hydrogens (tertiary/aromatic N) is 4. The van der Waals surface area contributed by atoms with Gasteiger partial charge < -0.3 is 15.2 Å². The van der Waals surface area contributed by atoms with Gasteiger partial charge in [0.1, 0.15) is 35.1 Å². The standard InChI is InChI=1S/C26H21ClFN5O2S/c27-20-11-17(4-7-22(20)35-13-15-2-1-3-16(28)10-15)32-25-23-18-5-6-21-19(12-31-33(21)8-9-34)24(18)36-26(23)30-14-29-25/h1-4,7,10-12,14,34H,5-6,8-9,13H2,(H,29,30,32). The largest absolute Gasteiger partial charge is 0.487 e. The first-order chi connectivity index (χ1) is 17.6. The molecule has 0 spiro atoms. The summed E-state index contributed by atoms with van der Waals surface area (Å²) in [6.45, 7) is 0.768. The Morgan fingerprint density at radius 3 is 2.92 bits per heavy atom. The van der Waals surface area contributed by atoms with E-state index in [2.05, 4.69) is 20.4 Å². The van der Waals surface area contributed by atoms with Crippen LogP contribution in [0.5, 0.6) is 5.75 Å². The highest BCUT2D eigenvalue weighted by Gasteiger charge is 2.26. The number of aryl methyl sites for hydroxylation is 1. The van der Waals surface area contributed by atoms with Gasteiger partial charge in [0.25, 0.3) is 0 Å². The smallest absolute Gasteiger partial charge is 0.142 e. The predicted molar refractivity (Wildman–Crippen MR) is 139 cm³/mol. The second-order valence-corrected chi connectivity index (χ2v) is 9.86. The summed E-state index contributed by atoms with van der Waals surface area (Å²) in [5, 5.41) is 18.6. The van der Waals surface area contributed by atoms with Gasteiger partial charge in [-0.2, -0.15) is 5.10 Å². The molecule has 0 radical (unpaired) electrons. The molecule has 0 atom stereocenters. The van der Waals surface area contributed by atoms with Gasteiger partial charge in [0.2, 0.25) is 0 Å². The number of benzene rings is 2. The van der Waals surface area contributed by atoms with E-state index in [1.807, 2.05) is 16.9 Å². The molecule has 0 bridgehead atoms. The van der Waals surface area contributed by atoms with Crippen LogP contribution in [0.3, 0.4) is 0 Å². The number of aromatic nitrogens is 4. The van der Waals surface area contributed by atoms with Gasteiger partial charge in [-0.15, -0.1) is 11.3 Å². The van der Waals surface area contributed by atoms with Crippen molar-refractivity contribution >= 4 is 44.7 Å². The molecular formula is C26H21ClFN5O2S. The number of rotatable bonds is 7. The average molecular weight is 522 g/mol. The monoisotopic (exact) mass is 521 g/mol. The lowest BCUT2D eigenvalue weighted by molar-refractivity contribution is 0.267. The summed E-state index contributed by atoms with van der Waals surface area (Å²) in [4.78, 5) is 11.1. The molecular weight excluding hydrogens is 501 g/mol. The Balaban J connectivity index is 1.27. The highest BCUT2D eigenvalue weighted by Crippen LogP contribution is 2.45. The molecule has 2 N–H and O–H groups in total. The molecule has 3 aromatic heterocycles. The van der Waals surface area contributed by atoms with Gasteiger partial charge in [0.05, 0.1) is 29.8 Å². The molecule has 10 heteroatoms. The first-order valence-electron chi connectivity index (χ1n) is 11.5. The third kappa shape index (κ3) is 4.19. The van der Waals surface area contributed by atoms with E-state index in [1.54, 1.807) is 41.9 Å². The van der Waals surface area contributed by atoms with Crippen LogP contribution in [0.15, 0.2) is 55.0 Å². The number of ether oxygens (including phenoxy) is 1. The van der Waals surface area contributed by atoms with Crippen LogP contribution in [0.2, 0.25) is 5.02 Å². The Morgan fingerprint density at radius 1 is 1.17 bits per heavy atom. The maximum Gasteiger partial charge on any atom is 0.142 e. The normalized spacial score (nSPS) is 12.4. The number of nitrogens with one attached hydrogen (secondary N) is 1. The van der Waals surface area contributed by atoms with E-state index in [0.717, 1.165) is 50.4 Å². The molecule has 0 aliphatic heterocycles. The Bertz CT molecular complexity index is 1580. The highest BCUT2D eigenvalue weighted by molar-refractivity contribution is 7.22. The lowest BCUT2D eigenvalue weighted by Crippen LogP contribution is -2.11. The molecule has 36 heavy (non-hydrogen) atoms. The summed E-state index contributed by atoms with van der Waals surface area (Å²) in [5.74, 6) is 0.927. The van der Waals surface area contributed by atoms with Gasteiger partial charge in [-0.05, 0) is 54.3 Å². The molecule has 3 heterocycles. The molecule has 5 aromatic rings. The molecule has 0 fully saturated rings. The van der Waals surface area contributed by atoms with E-state index in [0.29, 0.717) is 23.1 Å². The average Bonchev–Trinajstić information content (AvgIpc) is 3.46. The Hall–Kier alpha value is -3.53. The minimum absolute atomic E-state index is 0.0597. The minimum atomic E-state index is -0.302. The van der Waals surface area contributed by atoms with Crippen LogP contribution in [-0.2, 0) is 26.0 Å². The molecule has 0 saturated carbocycles. The number of aliphatic hydroxyl groups excluding tert-OH is 1. The third-order valence-electron chi connectivity index (χ3n) is 6.18. The third-order valence-corrected chi connectivity index (χ3v) is 7.65. The van der Waals surface area contributed by atoms with E-state index in [-0.39, 0.29) is 19.0 Å². The number of anilines is 2. The van der Waals surface area contributed by atoms with Gasteiger partial charge in [-0.25, -0.2) is 14.4 Å². The number of hydrogen-bond acceptors (Lipinski definition) is 7. The first-order valence-corrected chi connectivity index (χ1v) is 12.7. The van der Waals surface area contributed by atoms with E-state index < -0.39 is 0 Å². The van der Waals surface area contributed by atoms with Gasteiger partial charge in [0, 0.05) is 21.8 Å². The summed E-state index contributed by atoms with van der Waals surface area (Å²) < 4.78 is 21.1. The van der Waals surface area contributed by atoms with Crippen LogP contribution in [0.25, 0.3) is 20.7 Å². The second kappa shape index (κ2) is 9.50. The summed E-state index contributed by atoms with van der Waals surface area (Å²) in [6, 6.07) is 11.7. The fourth-order valence-corrected chi connectivity index (χ4v) is 6.01. The van der Waals surface area contributed by atoms with E-state index in [4.69, 9.17) is 16.3 Å². The maximum absolute atomic E-state index is 13.4. The number of halogens is 2. The van der Waals surface area contributed by atoms with Crippen LogP contribution in [0, 0.1) is 5.82 Å². The topological polar surface area (TPSA) is 85.1 Å². The van der Waals surface area contributed by atoms with Crippen molar-refractivity contribution in [3.05, 3.63) is 82.6 Å². The summed E-state index contributed by atoms with van der Waals surface area (Å²) in [5.41, 5.74) is 4.94. The van der Waals surface area contributed by atoms with E-state index >= 15 is 0 Å². The summed E-state index contributed by atoms with van der Waals surface area (Å²) in [6.07, 6.45) is 5.11. The van der Waals surface area contributed by atoms with Crippen molar-refractivity contribution in [2.24, 2.45) is 0 Å². The van der Waals surface area contributed by atoms with Crippen LogP contribution < -0.4 is 10.1 Å². The van der Waals surface area contributed by atoms with Crippen LogP contribution in [-0.4, -0.2) is 31.5 Å². The first kappa shape index (κ1) is 22.9. The number of hydrogen-bond donors (Lipinski definition) is 2. The molecule has 0 saturated heterocycles. The lowest BCUT2D eigenvalue weighted by atomic mass is 9.95. The molecule has 7 nitrogen and oxygen atoms in total. The molecule has 1 aliphatic carbocycles. The van der Waals surface area contributed by atoms with Gasteiger partial charge in [-0.3, -0.25) is 4.68 Å². The van der Waals surface area contributed by atoms with Crippen LogP contribution in [0.1, 0.15) is 16.8 Å². The van der Waals surface area contributed by atoms with Crippen LogP contribution in [0.4, 0.5) is 15.9 Å². The van der Waals surface area contributed by atoms with Crippen LogP contribution >= 0.6 is 22.9 Å². The quantitative estimate of drug-likeness (QED) is 0.283. The molecule has 0 unspecified atom stereocenters. The van der Waals surface area contributed by atoms with Crippen molar-refractivity contribution in [3.8, 4) is 16.2 Å². The number of fused-ring (bicyclic) bond motifs is 5. The minimum Gasteiger partial charge on any atom is -0.487 e. The molecule has 182 valence electrons. The van der Waals surface area contributed by atoms with E-state index in [9.17, 15) is 9.50 Å². The Kier molecular flexibility index (Phi) is 6.04. The van der Waals surface area contributed by atoms with Gasteiger partial charge in [-0.1, -0.05) is 23.7 Å². The fraction of sp³-hybridized carbons (Fsp3) is 0.192. The molecule has 1 aliphatic rings. The molecule has 6 rings (SSSR count). The van der Waals surface area contributed by atoms with Crippen molar-refractivity contribution in [2.75, 3.05) is 11.9 Å².